The highest BCUT2D eigenvalue weighted by Crippen LogP contribution is 2.43. The topological polar surface area (TPSA) is 70.1 Å². The Balaban J connectivity index is 1.89. The van der Waals surface area contributed by atoms with E-state index >= 15 is 0 Å². The number of Topliss-reactive ketones (excluding diaryl/α,β-unsaturated/α-hetero) is 1. The summed E-state index contributed by atoms with van der Waals surface area (Å²) in [6, 6.07) is 18.6. The maximum atomic E-state index is 13.4. The molecule has 0 radical (unpaired) electrons. The van der Waals surface area contributed by atoms with Crippen LogP contribution in [0.15, 0.2) is 76.8 Å². The van der Waals surface area contributed by atoms with Crippen LogP contribution in [0.4, 0.5) is 11.4 Å². The van der Waals surface area contributed by atoms with E-state index in [2.05, 4.69) is 34.7 Å². The molecular weight excluding hydrogens is 544 g/mol. The van der Waals surface area contributed by atoms with Gasteiger partial charge in [-0.3, -0.25) is 14.5 Å². The van der Waals surface area contributed by atoms with Crippen molar-refractivity contribution in [2.24, 2.45) is 0 Å². The maximum absolute atomic E-state index is 13.4. The molecule has 186 valence electrons. The molecule has 1 aliphatic heterocycles. The zero-order valence-electron chi connectivity index (χ0n) is 20.2. The number of halogens is 2. The number of anilines is 2. The molecule has 6 nitrogen and oxygen atoms in total. The van der Waals surface area contributed by atoms with Crippen LogP contribution in [0.2, 0.25) is 5.02 Å². The van der Waals surface area contributed by atoms with E-state index in [1.54, 1.807) is 49.6 Å². The predicted molar refractivity (Wildman–Crippen MR) is 147 cm³/mol. The van der Waals surface area contributed by atoms with Crippen LogP contribution in [-0.2, 0) is 9.59 Å². The number of hydrogen-bond donors (Lipinski definition) is 1. The smallest absolute Gasteiger partial charge is 0.300 e. The zero-order valence-corrected chi connectivity index (χ0v) is 22.5. The monoisotopic (exact) mass is 568 g/mol. The third kappa shape index (κ3) is 4.73. The average molecular weight is 570 g/mol. The van der Waals surface area contributed by atoms with E-state index in [4.69, 9.17) is 16.3 Å². The van der Waals surface area contributed by atoms with Gasteiger partial charge in [0.2, 0.25) is 0 Å². The third-order valence-corrected chi connectivity index (χ3v) is 7.18. The fourth-order valence-electron chi connectivity index (χ4n) is 4.44. The Bertz CT molecular complexity index is 1320. The summed E-state index contributed by atoms with van der Waals surface area (Å²) in [7, 11) is 1.54. The third-order valence-electron chi connectivity index (χ3n) is 6.31. The zero-order chi connectivity index (χ0) is 26.0. The Hall–Kier alpha value is -3.29. The van der Waals surface area contributed by atoms with Gasteiger partial charge in [-0.15, -0.1) is 0 Å². The number of carbonyl (C=O) groups excluding carboxylic acids is 2. The second-order valence-corrected chi connectivity index (χ2v) is 9.55. The highest BCUT2D eigenvalue weighted by atomic mass is 79.9. The number of ketones is 1. The van der Waals surface area contributed by atoms with E-state index in [0.717, 1.165) is 18.8 Å². The van der Waals surface area contributed by atoms with Crippen LogP contribution in [0, 0.1) is 0 Å². The maximum Gasteiger partial charge on any atom is 0.300 e. The number of benzene rings is 3. The molecule has 0 aromatic heterocycles. The molecule has 1 saturated heterocycles. The molecule has 3 aromatic carbocycles. The lowest BCUT2D eigenvalue weighted by atomic mass is 9.94. The average Bonchev–Trinajstić information content (AvgIpc) is 3.15. The van der Waals surface area contributed by atoms with Crippen molar-refractivity contribution in [3.8, 4) is 5.75 Å². The van der Waals surface area contributed by atoms with Crippen LogP contribution in [0.3, 0.4) is 0 Å². The number of aliphatic hydroxyl groups excluding tert-OH is 1. The molecule has 1 aliphatic rings. The second kappa shape index (κ2) is 10.8. The number of methoxy groups -OCH3 is 1. The molecule has 0 saturated carbocycles. The van der Waals surface area contributed by atoms with E-state index in [-0.39, 0.29) is 11.3 Å². The first-order valence-corrected chi connectivity index (χ1v) is 12.7. The Morgan fingerprint density at radius 2 is 1.67 bits per heavy atom. The number of aliphatic hydroxyl groups is 1. The number of hydrogen-bond acceptors (Lipinski definition) is 5. The summed E-state index contributed by atoms with van der Waals surface area (Å²) < 4.78 is 5.89. The minimum atomic E-state index is -0.821. The van der Waals surface area contributed by atoms with Crippen molar-refractivity contribution < 1.29 is 19.4 Å². The number of ether oxygens (including phenoxy) is 1. The van der Waals surface area contributed by atoms with E-state index in [0.29, 0.717) is 32.1 Å². The summed E-state index contributed by atoms with van der Waals surface area (Å²) in [5.41, 5.74) is 2.65. The van der Waals surface area contributed by atoms with E-state index < -0.39 is 17.7 Å². The summed E-state index contributed by atoms with van der Waals surface area (Å²) in [5, 5.41) is 11.9. The minimum absolute atomic E-state index is 0.0163. The summed E-state index contributed by atoms with van der Waals surface area (Å²) in [4.78, 5) is 30.3. The van der Waals surface area contributed by atoms with E-state index in [1.807, 2.05) is 24.3 Å². The van der Waals surface area contributed by atoms with Crippen LogP contribution >= 0.6 is 27.5 Å². The van der Waals surface area contributed by atoms with E-state index in [1.165, 1.54) is 4.90 Å². The molecule has 1 N–H and O–H groups in total. The number of rotatable bonds is 7. The lowest BCUT2D eigenvalue weighted by Gasteiger charge is -2.27. The molecular formula is C28H26BrClN2O4. The van der Waals surface area contributed by atoms with Gasteiger partial charge in [0.15, 0.2) is 0 Å². The molecule has 36 heavy (non-hydrogen) atoms. The van der Waals surface area contributed by atoms with Crippen LogP contribution < -0.4 is 14.5 Å². The van der Waals surface area contributed by atoms with Crippen molar-refractivity contribution >= 4 is 56.4 Å². The Labute approximate surface area is 223 Å². The van der Waals surface area contributed by atoms with Gasteiger partial charge in [-0.25, -0.2) is 0 Å². The van der Waals surface area contributed by atoms with Crippen LogP contribution in [-0.4, -0.2) is 37.0 Å². The number of nitrogens with zero attached hydrogens (tertiary/aromatic N) is 2. The quantitative estimate of drug-likeness (QED) is 0.198. The molecule has 1 unspecified atom stereocenters. The molecule has 1 amide bonds. The molecule has 4 rings (SSSR count). The number of carbonyl (C=O) groups is 2. The lowest BCUT2D eigenvalue weighted by molar-refractivity contribution is -0.132. The Morgan fingerprint density at radius 3 is 2.22 bits per heavy atom. The molecule has 3 aromatic rings. The van der Waals surface area contributed by atoms with Gasteiger partial charge >= 0.3 is 0 Å². The molecule has 0 spiro atoms. The normalized spacial score (nSPS) is 16.9. The highest BCUT2D eigenvalue weighted by Gasteiger charge is 2.47. The van der Waals surface area contributed by atoms with Gasteiger partial charge < -0.3 is 14.7 Å². The van der Waals surface area contributed by atoms with Crippen molar-refractivity contribution in [1.29, 1.82) is 0 Å². The first-order valence-electron chi connectivity index (χ1n) is 11.6. The fraction of sp³-hybridized carbons (Fsp3) is 0.214. The summed E-state index contributed by atoms with van der Waals surface area (Å²) in [6.45, 7) is 5.87. The SMILES string of the molecule is CCN(CC)c1ccc(C2/C(=C(/O)c3ccc(OC)c(Br)c3)C(=O)C(=O)N2c2ccc(Cl)cc2)cc1. The standard InChI is InChI=1S/C28H26BrClN2O4/c1-4-31(5-2)20-11-6-17(7-12-20)25-24(26(33)18-8-15-23(36-3)22(29)16-18)27(34)28(35)32(25)21-13-9-19(30)10-14-21/h6-16,25,33H,4-5H2,1-3H3/b26-24-. The van der Waals surface area contributed by atoms with Gasteiger partial charge in [-0.2, -0.15) is 0 Å². The van der Waals surface area contributed by atoms with Gasteiger partial charge in [0, 0.05) is 35.1 Å². The van der Waals surface area contributed by atoms with E-state index in [9.17, 15) is 14.7 Å². The molecule has 0 bridgehead atoms. The van der Waals surface area contributed by atoms with Crippen molar-refractivity contribution in [2.75, 3.05) is 30.0 Å². The van der Waals surface area contributed by atoms with Gasteiger partial charge in [0.1, 0.15) is 11.5 Å². The van der Waals surface area contributed by atoms with Crippen LogP contribution in [0.5, 0.6) is 5.75 Å². The first kappa shape index (κ1) is 25.8. The largest absolute Gasteiger partial charge is 0.507 e. The molecule has 1 heterocycles. The van der Waals surface area contributed by atoms with Crippen molar-refractivity contribution in [3.63, 3.8) is 0 Å². The summed E-state index contributed by atoms with van der Waals surface area (Å²) in [6.07, 6.45) is 0. The molecule has 1 fully saturated rings. The lowest BCUT2D eigenvalue weighted by Crippen LogP contribution is -2.29. The van der Waals surface area contributed by atoms with Crippen molar-refractivity contribution in [1.82, 2.24) is 0 Å². The van der Waals surface area contributed by atoms with Gasteiger partial charge in [-0.1, -0.05) is 23.7 Å². The molecule has 0 aliphatic carbocycles. The van der Waals surface area contributed by atoms with Gasteiger partial charge in [0.25, 0.3) is 11.7 Å². The highest BCUT2D eigenvalue weighted by molar-refractivity contribution is 9.10. The van der Waals surface area contributed by atoms with Gasteiger partial charge in [0.05, 0.1) is 23.2 Å². The summed E-state index contributed by atoms with van der Waals surface area (Å²) >= 11 is 9.49. The van der Waals surface area contributed by atoms with Crippen molar-refractivity contribution in [2.45, 2.75) is 19.9 Å². The molecule has 1 atom stereocenters. The van der Waals surface area contributed by atoms with Crippen molar-refractivity contribution in [3.05, 3.63) is 92.9 Å². The Morgan fingerprint density at radius 1 is 1.03 bits per heavy atom. The minimum Gasteiger partial charge on any atom is -0.507 e. The van der Waals surface area contributed by atoms with Crippen LogP contribution in [0.1, 0.15) is 31.0 Å². The predicted octanol–water partition coefficient (Wildman–Crippen LogP) is 6.58. The first-order chi connectivity index (χ1) is 17.3. The Kier molecular flexibility index (Phi) is 7.71. The summed E-state index contributed by atoms with van der Waals surface area (Å²) in [5.74, 6) is -1.15. The van der Waals surface area contributed by atoms with Crippen LogP contribution in [0.25, 0.3) is 5.76 Å². The second-order valence-electron chi connectivity index (χ2n) is 8.26. The molecule has 8 heteroatoms. The number of amides is 1. The van der Waals surface area contributed by atoms with Gasteiger partial charge in [-0.05, 0) is 89.9 Å². The fourth-order valence-corrected chi connectivity index (χ4v) is 5.11.